The van der Waals surface area contributed by atoms with Gasteiger partial charge in [0.25, 0.3) is 5.78 Å². The molecule has 1 aromatic carbocycles. The zero-order valence-corrected chi connectivity index (χ0v) is 16.5. The number of ketones is 1. The summed E-state index contributed by atoms with van der Waals surface area (Å²) >= 11 is 7.26. The Labute approximate surface area is 173 Å². The standard InChI is InChI=1S/C21H14ClF3N2OS/c22-14-6-4-8-16-18(14)19(13-5-2-1-3-7-15(13)27-16)26-11-12-9-10-17(29-12)20(28)21(23,24)25/h1-6,8-10H,7,11H2,(H,26,27). The Kier molecular flexibility index (Phi) is 5.19. The topological polar surface area (TPSA) is 42.0 Å². The molecule has 0 aliphatic heterocycles. The first-order valence-corrected chi connectivity index (χ1v) is 9.92. The van der Waals surface area contributed by atoms with Crippen molar-refractivity contribution in [2.24, 2.45) is 0 Å². The van der Waals surface area contributed by atoms with Crippen LogP contribution in [0.3, 0.4) is 0 Å². The van der Waals surface area contributed by atoms with Crippen molar-refractivity contribution in [2.45, 2.75) is 19.1 Å². The third kappa shape index (κ3) is 3.93. The molecule has 0 radical (unpaired) electrons. The van der Waals surface area contributed by atoms with Crippen LogP contribution in [0.5, 0.6) is 0 Å². The highest BCUT2D eigenvalue weighted by Gasteiger charge is 2.40. The van der Waals surface area contributed by atoms with Gasteiger partial charge in [-0.05, 0) is 24.3 Å². The maximum atomic E-state index is 12.6. The number of allylic oxidation sites excluding steroid dienone is 3. The lowest BCUT2D eigenvalue weighted by Gasteiger charge is -2.16. The van der Waals surface area contributed by atoms with Crippen molar-refractivity contribution in [3.05, 3.63) is 74.6 Å². The van der Waals surface area contributed by atoms with Crippen LogP contribution in [-0.4, -0.2) is 16.9 Å². The van der Waals surface area contributed by atoms with E-state index in [1.807, 2.05) is 36.4 Å². The van der Waals surface area contributed by atoms with Crippen molar-refractivity contribution >= 4 is 51.4 Å². The molecule has 3 aromatic rings. The third-order valence-corrected chi connectivity index (χ3v) is 5.88. The van der Waals surface area contributed by atoms with Crippen LogP contribution in [-0.2, 0) is 13.0 Å². The SMILES string of the molecule is O=C(c1ccc(CNc2c3c(nc4cccc(Cl)c24)CC=CC=C3)s1)C(F)(F)F. The predicted molar refractivity (Wildman–Crippen MR) is 111 cm³/mol. The average molecular weight is 435 g/mol. The second-order valence-electron chi connectivity index (χ2n) is 6.42. The second-order valence-corrected chi connectivity index (χ2v) is 7.99. The average Bonchev–Trinajstić information content (AvgIpc) is 3.01. The molecular weight excluding hydrogens is 421 g/mol. The number of carbonyl (C=O) groups excluding carboxylic acids is 1. The first kappa shape index (κ1) is 19.7. The van der Waals surface area contributed by atoms with Gasteiger partial charge in [-0.1, -0.05) is 42.0 Å². The Balaban J connectivity index is 1.71. The van der Waals surface area contributed by atoms with Gasteiger partial charge in [0.05, 0.1) is 26.8 Å². The number of carbonyl (C=O) groups is 1. The smallest absolute Gasteiger partial charge is 0.379 e. The van der Waals surface area contributed by atoms with E-state index in [1.165, 1.54) is 12.1 Å². The van der Waals surface area contributed by atoms with Crippen LogP contribution in [0, 0.1) is 0 Å². The van der Waals surface area contributed by atoms with Crippen molar-refractivity contribution in [2.75, 3.05) is 5.32 Å². The molecule has 1 aliphatic carbocycles. The van der Waals surface area contributed by atoms with E-state index in [0.717, 1.165) is 39.2 Å². The van der Waals surface area contributed by atoms with Crippen LogP contribution < -0.4 is 5.32 Å². The van der Waals surface area contributed by atoms with E-state index in [-0.39, 0.29) is 11.4 Å². The molecular formula is C21H14ClF3N2OS. The first-order valence-electron chi connectivity index (χ1n) is 8.73. The minimum absolute atomic E-state index is 0.258. The van der Waals surface area contributed by atoms with Gasteiger partial charge in [0.15, 0.2) is 0 Å². The number of hydrogen-bond donors (Lipinski definition) is 1. The Bertz CT molecular complexity index is 1160. The number of rotatable bonds is 4. The van der Waals surface area contributed by atoms with E-state index in [0.29, 0.717) is 16.3 Å². The number of hydrogen-bond acceptors (Lipinski definition) is 4. The molecule has 148 valence electrons. The van der Waals surface area contributed by atoms with Gasteiger partial charge in [-0.15, -0.1) is 11.3 Å². The summed E-state index contributed by atoms with van der Waals surface area (Å²) in [5, 5.41) is 4.59. The zero-order chi connectivity index (χ0) is 20.6. The minimum Gasteiger partial charge on any atom is -0.379 e. The molecule has 0 unspecified atom stereocenters. The molecule has 0 amide bonds. The third-order valence-electron chi connectivity index (χ3n) is 4.48. The number of benzene rings is 1. The Morgan fingerprint density at radius 2 is 2.03 bits per heavy atom. The molecule has 0 atom stereocenters. The molecule has 1 aliphatic rings. The summed E-state index contributed by atoms with van der Waals surface area (Å²) in [5.74, 6) is -1.82. The number of anilines is 1. The maximum Gasteiger partial charge on any atom is 0.455 e. The number of alkyl halides is 3. The quantitative estimate of drug-likeness (QED) is 0.481. The van der Waals surface area contributed by atoms with Crippen LogP contribution >= 0.6 is 22.9 Å². The Morgan fingerprint density at radius 1 is 1.21 bits per heavy atom. The highest BCUT2D eigenvalue weighted by Crippen LogP contribution is 2.36. The van der Waals surface area contributed by atoms with Crippen molar-refractivity contribution in [1.29, 1.82) is 0 Å². The molecule has 3 nitrogen and oxygen atoms in total. The molecule has 2 heterocycles. The van der Waals surface area contributed by atoms with Gasteiger partial charge in [-0.25, -0.2) is 0 Å². The van der Waals surface area contributed by atoms with Gasteiger partial charge in [0.1, 0.15) is 0 Å². The maximum absolute atomic E-state index is 12.6. The van der Waals surface area contributed by atoms with Crippen molar-refractivity contribution in [3.8, 4) is 0 Å². The fourth-order valence-corrected chi connectivity index (χ4v) is 4.35. The van der Waals surface area contributed by atoms with Crippen LogP contribution in [0.1, 0.15) is 25.8 Å². The second kappa shape index (κ2) is 7.65. The Hall–Kier alpha value is -2.64. The summed E-state index contributed by atoms with van der Waals surface area (Å²) in [4.78, 5) is 16.4. The molecule has 0 saturated heterocycles. The van der Waals surface area contributed by atoms with Gasteiger partial charge >= 0.3 is 6.18 Å². The number of fused-ring (bicyclic) bond motifs is 2. The summed E-state index contributed by atoms with van der Waals surface area (Å²) in [6.45, 7) is 0.258. The summed E-state index contributed by atoms with van der Waals surface area (Å²) < 4.78 is 37.9. The largest absolute Gasteiger partial charge is 0.455 e. The Morgan fingerprint density at radius 3 is 2.83 bits per heavy atom. The summed E-state index contributed by atoms with van der Waals surface area (Å²) in [6, 6.07) is 8.20. The number of nitrogens with zero attached hydrogens (tertiary/aromatic N) is 1. The predicted octanol–water partition coefficient (Wildman–Crippen LogP) is 6.43. The number of thiophene rings is 1. The van der Waals surface area contributed by atoms with E-state index in [1.54, 1.807) is 6.07 Å². The van der Waals surface area contributed by atoms with Gasteiger partial charge in [-0.3, -0.25) is 9.78 Å². The van der Waals surface area contributed by atoms with E-state index in [4.69, 9.17) is 16.6 Å². The van der Waals surface area contributed by atoms with Crippen molar-refractivity contribution in [1.82, 2.24) is 4.98 Å². The summed E-state index contributed by atoms with van der Waals surface area (Å²) in [7, 11) is 0. The number of Topliss-reactive ketones (excluding diaryl/α,β-unsaturated/α-hetero) is 1. The number of halogens is 4. The van der Waals surface area contributed by atoms with Gasteiger partial charge in [-0.2, -0.15) is 13.2 Å². The lowest BCUT2D eigenvalue weighted by Crippen LogP contribution is -2.21. The summed E-state index contributed by atoms with van der Waals surface area (Å²) in [6.07, 6.45) is 3.56. The van der Waals surface area contributed by atoms with Gasteiger partial charge < -0.3 is 5.32 Å². The molecule has 0 bridgehead atoms. The highest BCUT2D eigenvalue weighted by molar-refractivity contribution is 7.14. The fraction of sp³-hybridized carbons (Fsp3) is 0.143. The molecule has 0 spiro atoms. The summed E-state index contributed by atoms with van der Waals surface area (Å²) in [5.41, 5.74) is 3.28. The van der Waals surface area contributed by atoms with Crippen LogP contribution in [0.15, 0.2) is 48.6 Å². The van der Waals surface area contributed by atoms with Gasteiger partial charge in [0, 0.05) is 28.8 Å². The number of aromatic nitrogens is 1. The molecule has 0 fully saturated rings. The van der Waals surface area contributed by atoms with Crippen molar-refractivity contribution in [3.63, 3.8) is 0 Å². The molecule has 1 N–H and O–H groups in total. The zero-order valence-electron chi connectivity index (χ0n) is 14.9. The normalized spacial score (nSPS) is 13.4. The minimum atomic E-state index is -4.88. The van der Waals surface area contributed by atoms with Crippen LogP contribution in [0.4, 0.5) is 18.9 Å². The van der Waals surface area contributed by atoms with Crippen LogP contribution in [0.2, 0.25) is 5.02 Å². The number of nitrogens with one attached hydrogen (secondary N) is 1. The van der Waals surface area contributed by atoms with E-state index in [2.05, 4.69) is 5.32 Å². The molecule has 2 aromatic heterocycles. The van der Waals surface area contributed by atoms with Crippen LogP contribution in [0.25, 0.3) is 17.0 Å². The molecule has 8 heteroatoms. The lowest BCUT2D eigenvalue weighted by molar-refractivity contribution is -0.0882. The lowest BCUT2D eigenvalue weighted by atomic mass is 10.0. The molecule has 0 saturated carbocycles. The monoisotopic (exact) mass is 434 g/mol. The van der Waals surface area contributed by atoms with E-state index >= 15 is 0 Å². The van der Waals surface area contributed by atoms with E-state index < -0.39 is 12.0 Å². The molecule has 29 heavy (non-hydrogen) atoms. The van der Waals surface area contributed by atoms with E-state index in [9.17, 15) is 18.0 Å². The van der Waals surface area contributed by atoms with Gasteiger partial charge in [0.2, 0.25) is 0 Å². The first-order chi connectivity index (χ1) is 13.8. The van der Waals surface area contributed by atoms with Crippen molar-refractivity contribution < 1.29 is 18.0 Å². The number of pyridine rings is 1. The highest BCUT2D eigenvalue weighted by atomic mass is 35.5. The molecule has 4 rings (SSSR count). The fourth-order valence-electron chi connectivity index (χ4n) is 3.18.